The Kier molecular flexibility index (Phi) is 5.60. The lowest BCUT2D eigenvalue weighted by molar-refractivity contribution is 0.251. The Bertz CT molecular complexity index is 1010. The van der Waals surface area contributed by atoms with Crippen molar-refractivity contribution >= 4 is 23.1 Å². The first kappa shape index (κ1) is 19.5. The zero-order valence-corrected chi connectivity index (χ0v) is 17.8. The maximum Gasteiger partial charge on any atom is 0.319 e. The Balaban J connectivity index is 1.54. The quantitative estimate of drug-likeness (QED) is 0.664. The summed E-state index contributed by atoms with van der Waals surface area (Å²) in [6.07, 6.45) is 5.12. The third-order valence-corrected chi connectivity index (χ3v) is 6.48. The van der Waals surface area contributed by atoms with Crippen LogP contribution in [0.2, 0.25) is 0 Å². The van der Waals surface area contributed by atoms with E-state index in [0.717, 1.165) is 25.1 Å². The number of carbonyl (C=O) groups is 1. The largest absolute Gasteiger partial charge is 0.495 e. The summed E-state index contributed by atoms with van der Waals surface area (Å²) in [5, 5.41) is 7.15. The molecule has 0 spiro atoms. The van der Waals surface area contributed by atoms with Crippen molar-refractivity contribution in [2.45, 2.75) is 26.4 Å². The predicted octanol–water partition coefficient (Wildman–Crippen LogP) is 4.17. The van der Waals surface area contributed by atoms with Gasteiger partial charge in [0.25, 0.3) is 0 Å². The van der Waals surface area contributed by atoms with Gasteiger partial charge in [-0.15, -0.1) is 11.3 Å². The van der Waals surface area contributed by atoms with Crippen LogP contribution in [-0.4, -0.2) is 36.2 Å². The van der Waals surface area contributed by atoms with Crippen LogP contribution in [0.15, 0.2) is 42.7 Å². The molecule has 6 nitrogen and oxygen atoms in total. The van der Waals surface area contributed by atoms with E-state index >= 15 is 0 Å². The van der Waals surface area contributed by atoms with Crippen LogP contribution in [0.3, 0.4) is 0 Å². The van der Waals surface area contributed by atoms with Crippen LogP contribution in [0.1, 0.15) is 21.6 Å². The summed E-state index contributed by atoms with van der Waals surface area (Å²) >= 11 is 1.82. The van der Waals surface area contributed by atoms with E-state index in [1.807, 2.05) is 48.6 Å². The topological polar surface area (TPSA) is 58.5 Å². The van der Waals surface area contributed by atoms with Crippen molar-refractivity contribution < 1.29 is 9.53 Å². The van der Waals surface area contributed by atoms with Gasteiger partial charge >= 0.3 is 6.03 Å². The Morgan fingerprint density at radius 2 is 2.07 bits per heavy atom. The van der Waals surface area contributed by atoms with Gasteiger partial charge in [-0.1, -0.05) is 6.07 Å². The normalized spacial score (nSPS) is 13.8. The first-order chi connectivity index (χ1) is 14.0. The van der Waals surface area contributed by atoms with Gasteiger partial charge in [-0.25, -0.2) is 4.79 Å². The second kappa shape index (κ2) is 8.31. The summed E-state index contributed by atoms with van der Waals surface area (Å²) < 4.78 is 7.50. The van der Waals surface area contributed by atoms with Gasteiger partial charge in [-0.2, -0.15) is 0 Å². The lowest BCUT2D eigenvalue weighted by Crippen LogP contribution is -2.30. The molecule has 2 N–H and O–H groups in total. The number of nitrogens with zero attached hydrogens (tertiary/aromatic N) is 2. The summed E-state index contributed by atoms with van der Waals surface area (Å²) in [5.74, 6) is 0.648. The maximum absolute atomic E-state index is 12.6. The minimum atomic E-state index is -0.236. The Labute approximate surface area is 175 Å². The van der Waals surface area contributed by atoms with Gasteiger partial charge in [0.05, 0.1) is 12.8 Å². The van der Waals surface area contributed by atoms with Crippen molar-refractivity contribution in [2.24, 2.45) is 0 Å². The standard InChI is InChI=1S/C22H26N4O2S/c1-15-6-7-19(28-3)18(12-15)24-22(27)23-13-17-16-8-11-25(2)14-20(16)29-21(17)26-9-4-5-10-26/h4-7,9-10,12H,8,11,13-14H2,1-3H3,(H2,23,24,27). The molecule has 0 aliphatic carbocycles. The smallest absolute Gasteiger partial charge is 0.319 e. The Hall–Kier alpha value is -2.77. The number of nitrogens with one attached hydrogen (secondary N) is 2. The molecule has 3 aromatic rings. The van der Waals surface area contributed by atoms with E-state index in [1.165, 1.54) is 21.0 Å². The molecule has 7 heteroatoms. The third-order valence-electron chi connectivity index (χ3n) is 5.20. The molecule has 152 valence electrons. The van der Waals surface area contributed by atoms with Gasteiger partial charge in [0.15, 0.2) is 0 Å². The van der Waals surface area contributed by atoms with Crippen LogP contribution in [0, 0.1) is 6.92 Å². The van der Waals surface area contributed by atoms with E-state index in [-0.39, 0.29) is 6.03 Å². The second-order valence-electron chi connectivity index (χ2n) is 7.38. The lowest BCUT2D eigenvalue weighted by Gasteiger charge is -2.22. The number of hydrogen-bond acceptors (Lipinski definition) is 4. The van der Waals surface area contributed by atoms with E-state index in [1.54, 1.807) is 7.11 Å². The first-order valence-electron chi connectivity index (χ1n) is 9.70. The van der Waals surface area contributed by atoms with Crippen molar-refractivity contribution in [3.05, 3.63) is 64.3 Å². The minimum absolute atomic E-state index is 0.236. The zero-order valence-electron chi connectivity index (χ0n) is 17.0. The molecule has 4 rings (SSSR count). The molecule has 0 unspecified atom stereocenters. The van der Waals surface area contributed by atoms with Crippen molar-refractivity contribution in [1.29, 1.82) is 0 Å². The highest BCUT2D eigenvalue weighted by Crippen LogP contribution is 2.35. The molecule has 0 radical (unpaired) electrons. The molecule has 1 aromatic carbocycles. The predicted molar refractivity (Wildman–Crippen MR) is 117 cm³/mol. The monoisotopic (exact) mass is 410 g/mol. The number of ether oxygens (including phenoxy) is 1. The van der Waals surface area contributed by atoms with Crippen molar-refractivity contribution in [1.82, 2.24) is 14.8 Å². The van der Waals surface area contributed by atoms with Crippen LogP contribution in [-0.2, 0) is 19.5 Å². The van der Waals surface area contributed by atoms with E-state index in [0.29, 0.717) is 18.0 Å². The molecule has 2 amide bonds. The van der Waals surface area contributed by atoms with E-state index in [9.17, 15) is 4.79 Å². The van der Waals surface area contributed by atoms with Gasteiger partial charge in [0.2, 0.25) is 0 Å². The fraction of sp³-hybridized carbons (Fsp3) is 0.318. The van der Waals surface area contributed by atoms with Crippen LogP contribution in [0.5, 0.6) is 5.75 Å². The van der Waals surface area contributed by atoms with Gasteiger partial charge in [-0.05, 0) is 55.8 Å². The number of hydrogen-bond donors (Lipinski definition) is 2. The minimum Gasteiger partial charge on any atom is -0.495 e. The molecule has 2 aromatic heterocycles. The second-order valence-corrected chi connectivity index (χ2v) is 8.46. The molecule has 0 fully saturated rings. The SMILES string of the molecule is COc1ccc(C)cc1NC(=O)NCc1c(-n2cccc2)sc2c1CCN(C)C2. The number of aromatic nitrogens is 1. The summed E-state index contributed by atoms with van der Waals surface area (Å²) in [6, 6.07) is 9.55. The maximum atomic E-state index is 12.6. The molecular formula is C22H26N4O2S. The number of urea groups is 1. The van der Waals surface area contributed by atoms with Gasteiger partial charge in [0.1, 0.15) is 10.8 Å². The van der Waals surface area contributed by atoms with Gasteiger partial charge < -0.3 is 24.8 Å². The third kappa shape index (κ3) is 4.16. The number of rotatable bonds is 5. The fourth-order valence-electron chi connectivity index (χ4n) is 3.70. The van der Waals surface area contributed by atoms with E-state index in [4.69, 9.17) is 4.74 Å². The van der Waals surface area contributed by atoms with Gasteiger partial charge in [0, 0.05) is 42.5 Å². The number of thiophene rings is 1. The summed E-state index contributed by atoms with van der Waals surface area (Å²) in [7, 11) is 3.75. The van der Waals surface area contributed by atoms with Crippen LogP contribution in [0.25, 0.3) is 5.00 Å². The number of amides is 2. The van der Waals surface area contributed by atoms with Crippen molar-refractivity contribution in [3.63, 3.8) is 0 Å². The molecule has 0 atom stereocenters. The van der Waals surface area contributed by atoms with E-state index in [2.05, 4.69) is 39.5 Å². The van der Waals surface area contributed by atoms with Crippen molar-refractivity contribution in [2.75, 3.05) is 26.0 Å². The molecule has 29 heavy (non-hydrogen) atoms. The number of likely N-dealkylation sites (N-methyl/N-ethyl adjacent to an activating group) is 1. The number of aryl methyl sites for hydroxylation is 1. The molecule has 0 saturated carbocycles. The van der Waals surface area contributed by atoms with Crippen LogP contribution >= 0.6 is 11.3 Å². The van der Waals surface area contributed by atoms with E-state index < -0.39 is 0 Å². The number of fused-ring (bicyclic) bond motifs is 1. The summed E-state index contributed by atoms with van der Waals surface area (Å²) in [6.45, 7) is 4.47. The van der Waals surface area contributed by atoms with Crippen LogP contribution < -0.4 is 15.4 Å². The molecule has 1 aliphatic rings. The lowest BCUT2D eigenvalue weighted by atomic mass is 10.0. The Morgan fingerprint density at radius 1 is 1.28 bits per heavy atom. The number of anilines is 1. The Morgan fingerprint density at radius 3 is 2.83 bits per heavy atom. The average molecular weight is 411 g/mol. The molecule has 1 aliphatic heterocycles. The summed E-state index contributed by atoms with van der Waals surface area (Å²) in [4.78, 5) is 16.3. The molecule has 0 saturated heterocycles. The fourth-order valence-corrected chi connectivity index (χ4v) is 5.11. The zero-order chi connectivity index (χ0) is 20.4. The number of methoxy groups -OCH3 is 1. The molecular weight excluding hydrogens is 384 g/mol. The summed E-state index contributed by atoms with van der Waals surface area (Å²) in [5.41, 5.74) is 4.32. The highest BCUT2D eigenvalue weighted by molar-refractivity contribution is 7.14. The molecule has 3 heterocycles. The van der Waals surface area contributed by atoms with Crippen molar-refractivity contribution in [3.8, 4) is 10.8 Å². The number of benzene rings is 1. The molecule has 0 bridgehead atoms. The highest BCUT2D eigenvalue weighted by atomic mass is 32.1. The number of carbonyl (C=O) groups excluding carboxylic acids is 1. The first-order valence-corrected chi connectivity index (χ1v) is 10.5. The highest BCUT2D eigenvalue weighted by Gasteiger charge is 2.23. The van der Waals surface area contributed by atoms with Crippen LogP contribution in [0.4, 0.5) is 10.5 Å². The van der Waals surface area contributed by atoms with Gasteiger partial charge in [-0.3, -0.25) is 0 Å². The average Bonchev–Trinajstić information content (AvgIpc) is 3.34.